The van der Waals surface area contributed by atoms with Crippen molar-refractivity contribution in [1.82, 2.24) is 15.3 Å². The van der Waals surface area contributed by atoms with Crippen LogP contribution in [-0.2, 0) is 0 Å². The molecule has 1 fully saturated rings. The summed E-state index contributed by atoms with van der Waals surface area (Å²) in [6.45, 7) is 0. The Morgan fingerprint density at radius 1 is 1.11 bits per heavy atom. The zero-order valence-electron chi connectivity index (χ0n) is 10.2. The standard InChI is InChI=1S/C14H16N4/c1-2-6-10-9(5-1)15-13(16-10)14-17-11-7-3-4-8-12(11)18-14/h1-2,5-6,11-12H,3-4,7-8H2,(H,15,16)(H,17,18). The van der Waals surface area contributed by atoms with E-state index in [9.17, 15) is 0 Å². The van der Waals surface area contributed by atoms with E-state index < -0.39 is 0 Å². The fourth-order valence-corrected chi connectivity index (χ4v) is 3.01. The molecule has 0 saturated heterocycles. The molecular weight excluding hydrogens is 224 g/mol. The van der Waals surface area contributed by atoms with Crippen molar-refractivity contribution in [2.24, 2.45) is 4.99 Å². The molecule has 1 aliphatic carbocycles. The topological polar surface area (TPSA) is 53.1 Å². The van der Waals surface area contributed by atoms with Crippen molar-refractivity contribution < 1.29 is 0 Å². The minimum Gasteiger partial charge on any atom is -0.362 e. The number of para-hydroxylation sites is 2. The second kappa shape index (κ2) is 3.83. The molecule has 0 spiro atoms. The normalized spacial score (nSPS) is 26.8. The van der Waals surface area contributed by atoms with E-state index in [-0.39, 0.29) is 0 Å². The van der Waals surface area contributed by atoms with Crippen molar-refractivity contribution >= 4 is 16.9 Å². The van der Waals surface area contributed by atoms with Gasteiger partial charge in [-0.05, 0) is 25.0 Å². The molecule has 2 N–H and O–H groups in total. The van der Waals surface area contributed by atoms with Crippen molar-refractivity contribution in [1.29, 1.82) is 0 Å². The molecule has 1 aliphatic heterocycles. The summed E-state index contributed by atoms with van der Waals surface area (Å²) >= 11 is 0. The largest absolute Gasteiger partial charge is 0.362 e. The number of hydrogen-bond acceptors (Lipinski definition) is 3. The van der Waals surface area contributed by atoms with E-state index >= 15 is 0 Å². The van der Waals surface area contributed by atoms with Crippen LogP contribution >= 0.6 is 0 Å². The lowest BCUT2D eigenvalue weighted by atomic mass is 9.92. The van der Waals surface area contributed by atoms with E-state index in [1.54, 1.807) is 0 Å². The molecular formula is C14H16N4. The molecule has 92 valence electrons. The van der Waals surface area contributed by atoms with Gasteiger partial charge < -0.3 is 10.3 Å². The predicted octanol–water partition coefficient (Wildman–Crippen LogP) is 2.22. The lowest BCUT2D eigenvalue weighted by Crippen LogP contribution is -2.37. The van der Waals surface area contributed by atoms with Crippen LogP contribution in [0.5, 0.6) is 0 Å². The maximum absolute atomic E-state index is 4.79. The zero-order valence-corrected chi connectivity index (χ0v) is 10.2. The monoisotopic (exact) mass is 240 g/mol. The van der Waals surface area contributed by atoms with Crippen molar-refractivity contribution in [3.63, 3.8) is 0 Å². The summed E-state index contributed by atoms with van der Waals surface area (Å²) in [5, 5.41) is 3.53. The van der Waals surface area contributed by atoms with Gasteiger partial charge in [-0.1, -0.05) is 25.0 Å². The summed E-state index contributed by atoms with van der Waals surface area (Å²) in [7, 11) is 0. The molecule has 2 atom stereocenters. The van der Waals surface area contributed by atoms with Crippen LogP contribution in [0.25, 0.3) is 11.0 Å². The van der Waals surface area contributed by atoms with Gasteiger partial charge in [-0.15, -0.1) is 0 Å². The number of hydrogen-bond donors (Lipinski definition) is 2. The maximum Gasteiger partial charge on any atom is 0.173 e. The Balaban J connectivity index is 1.70. The number of aliphatic imine (C=N–C) groups is 1. The van der Waals surface area contributed by atoms with Crippen LogP contribution in [0.4, 0.5) is 0 Å². The third-order valence-electron chi connectivity index (χ3n) is 3.96. The Hall–Kier alpha value is -1.84. The van der Waals surface area contributed by atoms with Gasteiger partial charge in [0.2, 0.25) is 0 Å². The smallest absolute Gasteiger partial charge is 0.173 e. The second-order valence-corrected chi connectivity index (χ2v) is 5.18. The average Bonchev–Trinajstić information content (AvgIpc) is 3.02. The minimum absolute atomic E-state index is 0.460. The van der Waals surface area contributed by atoms with Gasteiger partial charge in [0, 0.05) is 0 Å². The Kier molecular flexibility index (Phi) is 2.15. The summed E-state index contributed by atoms with van der Waals surface area (Å²) in [6.07, 6.45) is 5.07. The highest BCUT2D eigenvalue weighted by Gasteiger charge is 2.32. The highest BCUT2D eigenvalue weighted by atomic mass is 15.2. The number of nitrogens with zero attached hydrogens (tertiary/aromatic N) is 2. The van der Waals surface area contributed by atoms with E-state index in [2.05, 4.69) is 15.3 Å². The number of H-pyrrole nitrogens is 1. The Morgan fingerprint density at radius 2 is 2.00 bits per heavy atom. The SMILES string of the molecule is c1ccc2[nH]c(C3=NC4CCCCC4N3)nc2c1. The lowest BCUT2D eigenvalue weighted by Gasteiger charge is -2.23. The van der Waals surface area contributed by atoms with Gasteiger partial charge in [-0.25, -0.2) is 4.98 Å². The molecule has 2 aliphatic rings. The number of benzene rings is 1. The zero-order chi connectivity index (χ0) is 11.9. The Morgan fingerprint density at radius 3 is 2.89 bits per heavy atom. The van der Waals surface area contributed by atoms with Crippen LogP contribution in [0.2, 0.25) is 0 Å². The Bertz CT molecular complexity index is 580. The summed E-state index contributed by atoms with van der Waals surface area (Å²) in [5.74, 6) is 1.83. The van der Waals surface area contributed by atoms with Crippen LogP contribution in [0.1, 0.15) is 31.5 Å². The van der Waals surface area contributed by atoms with Gasteiger partial charge in [-0.3, -0.25) is 4.99 Å². The molecule has 4 rings (SSSR count). The fourth-order valence-electron chi connectivity index (χ4n) is 3.01. The molecule has 1 aromatic heterocycles. The molecule has 0 amide bonds. The Labute approximate surface area is 106 Å². The van der Waals surface area contributed by atoms with Crippen LogP contribution in [0.3, 0.4) is 0 Å². The molecule has 1 aromatic carbocycles. The first kappa shape index (κ1) is 10.1. The van der Waals surface area contributed by atoms with E-state index in [0.717, 1.165) is 22.7 Å². The summed E-state index contributed by atoms with van der Waals surface area (Å²) in [6, 6.07) is 9.10. The summed E-state index contributed by atoms with van der Waals surface area (Å²) in [4.78, 5) is 12.7. The molecule has 4 nitrogen and oxygen atoms in total. The second-order valence-electron chi connectivity index (χ2n) is 5.18. The molecule has 18 heavy (non-hydrogen) atoms. The number of rotatable bonds is 1. The third kappa shape index (κ3) is 1.52. The van der Waals surface area contributed by atoms with Gasteiger partial charge in [0.25, 0.3) is 0 Å². The van der Waals surface area contributed by atoms with Crippen molar-refractivity contribution in [3.05, 3.63) is 30.1 Å². The van der Waals surface area contributed by atoms with Crippen molar-refractivity contribution in [2.75, 3.05) is 0 Å². The summed E-state index contributed by atoms with van der Waals surface area (Å²) < 4.78 is 0. The van der Waals surface area contributed by atoms with E-state index in [1.807, 2.05) is 24.3 Å². The third-order valence-corrected chi connectivity index (χ3v) is 3.96. The van der Waals surface area contributed by atoms with Crippen LogP contribution < -0.4 is 5.32 Å². The van der Waals surface area contributed by atoms with Gasteiger partial charge >= 0.3 is 0 Å². The van der Waals surface area contributed by atoms with E-state index in [1.165, 1.54) is 25.7 Å². The highest BCUT2D eigenvalue weighted by molar-refractivity contribution is 5.99. The predicted molar refractivity (Wildman–Crippen MR) is 71.8 cm³/mol. The number of amidine groups is 1. The first-order valence-corrected chi connectivity index (χ1v) is 6.69. The van der Waals surface area contributed by atoms with Gasteiger partial charge in [-0.2, -0.15) is 0 Å². The first-order chi connectivity index (χ1) is 8.90. The van der Waals surface area contributed by atoms with Gasteiger partial charge in [0.05, 0.1) is 23.1 Å². The van der Waals surface area contributed by atoms with E-state index in [0.29, 0.717) is 12.1 Å². The van der Waals surface area contributed by atoms with Crippen molar-refractivity contribution in [2.45, 2.75) is 37.8 Å². The van der Waals surface area contributed by atoms with Gasteiger partial charge in [0.15, 0.2) is 11.7 Å². The molecule has 2 unspecified atom stereocenters. The fraction of sp³-hybridized carbons (Fsp3) is 0.429. The number of fused-ring (bicyclic) bond motifs is 2. The molecule has 2 aromatic rings. The van der Waals surface area contributed by atoms with Gasteiger partial charge in [0.1, 0.15) is 0 Å². The molecule has 0 radical (unpaired) electrons. The number of imidazole rings is 1. The lowest BCUT2D eigenvalue weighted by molar-refractivity contribution is 0.384. The quantitative estimate of drug-likeness (QED) is 0.803. The molecule has 2 heterocycles. The van der Waals surface area contributed by atoms with Crippen molar-refractivity contribution in [3.8, 4) is 0 Å². The molecule has 1 saturated carbocycles. The first-order valence-electron chi connectivity index (χ1n) is 6.69. The number of aromatic nitrogens is 2. The maximum atomic E-state index is 4.79. The van der Waals surface area contributed by atoms with Crippen LogP contribution in [0.15, 0.2) is 29.3 Å². The van der Waals surface area contributed by atoms with E-state index in [4.69, 9.17) is 4.99 Å². The number of nitrogens with one attached hydrogen (secondary N) is 2. The molecule has 0 bridgehead atoms. The minimum atomic E-state index is 0.460. The molecule has 4 heteroatoms. The highest BCUT2D eigenvalue weighted by Crippen LogP contribution is 2.26. The number of aromatic amines is 1. The average molecular weight is 240 g/mol. The van der Waals surface area contributed by atoms with Crippen LogP contribution in [0, 0.1) is 0 Å². The van der Waals surface area contributed by atoms with Crippen LogP contribution in [-0.4, -0.2) is 27.9 Å². The summed E-state index contributed by atoms with van der Waals surface area (Å²) in [5.41, 5.74) is 2.08.